The predicted octanol–water partition coefficient (Wildman–Crippen LogP) is 6.10. The van der Waals surface area contributed by atoms with Crippen LogP contribution in [0.25, 0.3) is 22.3 Å². The molecule has 4 rings (SSSR count). The van der Waals surface area contributed by atoms with Gasteiger partial charge in [0.05, 0.1) is 0 Å². The van der Waals surface area contributed by atoms with Gasteiger partial charge in [-0.2, -0.15) is 27.0 Å². The summed E-state index contributed by atoms with van der Waals surface area (Å²) in [6.45, 7) is 0. The number of nitrogen functional groups attached to an aromatic ring is 2. The minimum atomic E-state index is 0. The zero-order valence-corrected chi connectivity index (χ0v) is 17.5. The summed E-state index contributed by atoms with van der Waals surface area (Å²) in [6.07, 6.45) is 0. The molecule has 0 aliphatic carbocycles. The van der Waals surface area contributed by atoms with Gasteiger partial charge in [-0.25, -0.2) is 0 Å². The Morgan fingerprint density at radius 3 is 0.857 bits per heavy atom. The molecule has 0 amide bonds. The molecule has 0 saturated heterocycles. The van der Waals surface area contributed by atoms with Crippen molar-refractivity contribution >= 4 is 38.4 Å². The Balaban J connectivity index is 0.000000261. The first-order chi connectivity index (χ1) is 12.7. The van der Waals surface area contributed by atoms with Crippen molar-refractivity contribution in [2.45, 2.75) is 0 Å². The molecule has 0 aromatic heterocycles. The molecular formula is C24H26N2S2. The van der Waals surface area contributed by atoms with Crippen LogP contribution >= 0.6 is 27.0 Å². The van der Waals surface area contributed by atoms with Crippen LogP contribution in [0.4, 0.5) is 11.4 Å². The van der Waals surface area contributed by atoms with E-state index in [2.05, 4.69) is 24.3 Å². The molecule has 0 unspecified atom stereocenters. The van der Waals surface area contributed by atoms with Crippen LogP contribution in [-0.2, 0) is 0 Å². The van der Waals surface area contributed by atoms with Gasteiger partial charge in [-0.15, -0.1) is 0 Å². The number of hydrogen-bond acceptors (Lipinski definition) is 2. The van der Waals surface area contributed by atoms with E-state index in [1.165, 1.54) is 22.3 Å². The van der Waals surface area contributed by atoms with Crippen molar-refractivity contribution in [3.63, 3.8) is 0 Å². The molecule has 0 spiro atoms. The summed E-state index contributed by atoms with van der Waals surface area (Å²) in [5.41, 5.74) is 17.7. The third-order valence-electron chi connectivity index (χ3n) is 4.04. The third kappa shape index (κ3) is 6.72. The molecule has 0 radical (unpaired) electrons. The molecule has 144 valence electrons. The Morgan fingerprint density at radius 2 is 0.571 bits per heavy atom. The number of hydrogen-bond donors (Lipinski definition) is 2. The number of benzene rings is 4. The van der Waals surface area contributed by atoms with Crippen LogP contribution in [0.5, 0.6) is 0 Å². The summed E-state index contributed by atoms with van der Waals surface area (Å²) in [7, 11) is 0. The second-order valence-corrected chi connectivity index (χ2v) is 5.98. The number of anilines is 2. The second-order valence-electron chi connectivity index (χ2n) is 5.98. The van der Waals surface area contributed by atoms with Crippen LogP contribution < -0.4 is 11.5 Å². The van der Waals surface area contributed by atoms with E-state index in [-0.39, 0.29) is 27.0 Å². The van der Waals surface area contributed by atoms with Gasteiger partial charge < -0.3 is 11.5 Å². The molecule has 0 atom stereocenters. The van der Waals surface area contributed by atoms with Gasteiger partial charge in [0.25, 0.3) is 0 Å². The van der Waals surface area contributed by atoms with Crippen molar-refractivity contribution in [1.29, 1.82) is 0 Å². The van der Waals surface area contributed by atoms with Gasteiger partial charge in [-0.3, -0.25) is 0 Å². The highest BCUT2D eigenvalue weighted by molar-refractivity contribution is 7.59. The highest BCUT2D eigenvalue weighted by Crippen LogP contribution is 2.20. The third-order valence-corrected chi connectivity index (χ3v) is 4.04. The molecule has 0 bridgehead atoms. The van der Waals surface area contributed by atoms with Crippen molar-refractivity contribution < 1.29 is 0 Å². The molecule has 0 aliphatic heterocycles. The van der Waals surface area contributed by atoms with Gasteiger partial charge >= 0.3 is 0 Å². The van der Waals surface area contributed by atoms with Gasteiger partial charge in [0.1, 0.15) is 0 Å². The second kappa shape index (κ2) is 11.8. The van der Waals surface area contributed by atoms with E-state index in [1.54, 1.807) is 0 Å². The van der Waals surface area contributed by atoms with E-state index >= 15 is 0 Å². The zero-order chi connectivity index (χ0) is 18.2. The maximum absolute atomic E-state index is 5.60. The number of nitrogens with two attached hydrogens (primary N) is 2. The van der Waals surface area contributed by atoms with E-state index in [9.17, 15) is 0 Å². The molecule has 4 aromatic carbocycles. The summed E-state index contributed by atoms with van der Waals surface area (Å²) in [4.78, 5) is 0. The number of rotatable bonds is 2. The van der Waals surface area contributed by atoms with Crippen LogP contribution in [0.1, 0.15) is 0 Å². The van der Waals surface area contributed by atoms with Crippen LogP contribution in [0.15, 0.2) is 109 Å². The Hall–Kier alpha value is -2.82. The Labute approximate surface area is 181 Å². The smallest absolute Gasteiger partial charge is 0.0314 e. The minimum absolute atomic E-state index is 0. The standard InChI is InChI=1S/2C12H11N.2H2S/c2*13-12-8-6-11(7-9-12)10-4-2-1-3-5-10;;/h2*1-9H,13H2;2*1H2. The lowest BCUT2D eigenvalue weighted by Crippen LogP contribution is -1.83. The first-order valence-corrected chi connectivity index (χ1v) is 8.54. The van der Waals surface area contributed by atoms with E-state index in [1.807, 2.05) is 84.9 Å². The molecular weight excluding hydrogens is 380 g/mol. The molecule has 0 fully saturated rings. The molecule has 0 aliphatic rings. The highest BCUT2D eigenvalue weighted by Gasteiger charge is 1.95. The molecule has 0 heterocycles. The lowest BCUT2D eigenvalue weighted by atomic mass is 10.1. The van der Waals surface area contributed by atoms with E-state index in [4.69, 9.17) is 11.5 Å². The maximum atomic E-state index is 5.60. The first kappa shape index (κ1) is 23.2. The lowest BCUT2D eigenvalue weighted by molar-refractivity contribution is 1.61. The molecule has 2 nitrogen and oxygen atoms in total. The van der Waals surface area contributed by atoms with Gasteiger partial charge in [0, 0.05) is 11.4 Å². The van der Waals surface area contributed by atoms with Crippen molar-refractivity contribution in [3.8, 4) is 22.3 Å². The van der Waals surface area contributed by atoms with Crippen LogP contribution in [0.3, 0.4) is 0 Å². The summed E-state index contributed by atoms with van der Waals surface area (Å²) in [5.74, 6) is 0. The average Bonchev–Trinajstić information content (AvgIpc) is 2.71. The van der Waals surface area contributed by atoms with E-state index in [0.29, 0.717) is 0 Å². The average molecular weight is 407 g/mol. The van der Waals surface area contributed by atoms with Crippen molar-refractivity contribution in [2.75, 3.05) is 11.5 Å². The SMILES string of the molecule is Nc1ccc(-c2ccccc2)cc1.Nc1ccc(-c2ccccc2)cc1.S.S. The minimum Gasteiger partial charge on any atom is -0.399 e. The van der Waals surface area contributed by atoms with Gasteiger partial charge in [0.2, 0.25) is 0 Å². The fourth-order valence-electron chi connectivity index (χ4n) is 2.61. The molecule has 4 heteroatoms. The highest BCUT2D eigenvalue weighted by atomic mass is 32.1. The predicted molar refractivity (Wildman–Crippen MR) is 133 cm³/mol. The molecule has 4 aromatic rings. The Kier molecular flexibility index (Phi) is 9.79. The largest absolute Gasteiger partial charge is 0.399 e. The maximum Gasteiger partial charge on any atom is 0.0314 e. The Morgan fingerprint density at radius 1 is 0.321 bits per heavy atom. The van der Waals surface area contributed by atoms with Crippen molar-refractivity contribution in [2.24, 2.45) is 0 Å². The van der Waals surface area contributed by atoms with Gasteiger partial charge in [0.15, 0.2) is 0 Å². The Bertz CT molecular complexity index is 843. The molecule has 4 N–H and O–H groups in total. The summed E-state index contributed by atoms with van der Waals surface area (Å²) < 4.78 is 0. The van der Waals surface area contributed by atoms with E-state index < -0.39 is 0 Å². The zero-order valence-electron chi connectivity index (χ0n) is 15.5. The summed E-state index contributed by atoms with van der Waals surface area (Å²) in [6, 6.07) is 36.3. The molecule has 0 saturated carbocycles. The first-order valence-electron chi connectivity index (χ1n) is 8.54. The molecule has 28 heavy (non-hydrogen) atoms. The van der Waals surface area contributed by atoms with Crippen LogP contribution in [0, 0.1) is 0 Å². The lowest BCUT2D eigenvalue weighted by Gasteiger charge is -2.00. The topological polar surface area (TPSA) is 52.0 Å². The van der Waals surface area contributed by atoms with Crippen LogP contribution in [-0.4, -0.2) is 0 Å². The quantitative estimate of drug-likeness (QED) is 0.395. The fourth-order valence-corrected chi connectivity index (χ4v) is 2.61. The van der Waals surface area contributed by atoms with Gasteiger partial charge in [-0.1, -0.05) is 84.9 Å². The fraction of sp³-hybridized carbons (Fsp3) is 0. The normalized spacial score (nSPS) is 9.14. The van der Waals surface area contributed by atoms with Gasteiger partial charge in [-0.05, 0) is 46.5 Å². The van der Waals surface area contributed by atoms with E-state index in [0.717, 1.165) is 11.4 Å². The summed E-state index contributed by atoms with van der Waals surface area (Å²) >= 11 is 0. The summed E-state index contributed by atoms with van der Waals surface area (Å²) in [5, 5.41) is 0. The van der Waals surface area contributed by atoms with Crippen LogP contribution in [0.2, 0.25) is 0 Å². The van der Waals surface area contributed by atoms with Crippen molar-refractivity contribution in [1.82, 2.24) is 0 Å². The van der Waals surface area contributed by atoms with Crippen molar-refractivity contribution in [3.05, 3.63) is 109 Å². The monoisotopic (exact) mass is 406 g/mol.